The SMILES string of the molecule is Fc1cc(Cl)cc(CNCc2ccon2)c1. The third-order valence-corrected chi connectivity index (χ3v) is 2.27. The largest absolute Gasteiger partial charge is 0.364 e. The van der Waals surface area contributed by atoms with Gasteiger partial charge in [0.1, 0.15) is 12.1 Å². The second kappa shape index (κ2) is 5.09. The summed E-state index contributed by atoms with van der Waals surface area (Å²) in [4.78, 5) is 0. The van der Waals surface area contributed by atoms with Crippen LogP contribution in [-0.2, 0) is 13.1 Å². The molecule has 0 fully saturated rings. The molecular formula is C11H10ClFN2O. The van der Waals surface area contributed by atoms with Gasteiger partial charge < -0.3 is 9.84 Å². The van der Waals surface area contributed by atoms with E-state index in [9.17, 15) is 4.39 Å². The van der Waals surface area contributed by atoms with Gasteiger partial charge >= 0.3 is 0 Å². The second-order valence-corrected chi connectivity index (χ2v) is 3.81. The molecule has 1 aromatic heterocycles. The molecule has 0 aliphatic rings. The number of hydrogen-bond donors (Lipinski definition) is 1. The molecule has 0 aliphatic heterocycles. The fraction of sp³-hybridized carbons (Fsp3) is 0.182. The van der Waals surface area contributed by atoms with Gasteiger partial charge in [-0.25, -0.2) is 4.39 Å². The van der Waals surface area contributed by atoms with Gasteiger partial charge in [0.25, 0.3) is 0 Å². The maximum absolute atomic E-state index is 13.0. The normalized spacial score (nSPS) is 10.6. The van der Waals surface area contributed by atoms with Crippen LogP contribution in [0.1, 0.15) is 11.3 Å². The van der Waals surface area contributed by atoms with Crippen molar-refractivity contribution in [2.24, 2.45) is 0 Å². The third kappa shape index (κ3) is 3.05. The Morgan fingerprint density at radius 3 is 2.88 bits per heavy atom. The highest BCUT2D eigenvalue weighted by atomic mass is 35.5. The van der Waals surface area contributed by atoms with E-state index in [4.69, 9.17) is 11.6 Å². The lowest BCUT2D eigenvalue weighted by molar-refractivity contribution is 0.408. The van der Waals surface area contributed by atoms with E-state index in [-0.39, 0.29) is 5.82 Å². The van der Waals surface area contributed by atoms with Crippen molar-refractivity contribution in [3.63, 3.8) is 0 Å². The summed E-state index contributed by atoms with van der Waals surface area (Å²) in [7, 11) is 0. The molecule has 84 valence electrons. The van der Waals surface area contributed by atoms with Crippen molar-refractivity contribution < 1.29 is 8.91 Å². The molecule has 0 bridgehead atoms. The summed E-state index contributed by atoms with van der Waals surface area (Å²) in [5.74, 6) is -0.328. The van der Waals surface area contributed by atoms with Crippen molar-refractivity contribution in [2.45, 2.75) is 13.1 Å². The standard InChI is InChI=1S/C11H10ClFN2O/c12-9-3-8(4-10(13)5-9)6-14-7-11-1-2-16-15-11/h1-5,14H,6-7H2. The zero-order chi connectivity index (χ0) is 11.4. The highest BCUT2D eigenvalue weighted by molar-refractivity contribution is 6.30. The van der Waals surface area contributed by atoms with Crippen molar-refractivity contribution in [1.29, 1.82) is 0 Å². The van der Waals surface area contributed by atoms with E-state index in [2.05, 4.69) is 15.0 Å². The summed E-state index contributed by atoms with van der Waals surface area (Å²) >= 11 is 5.73. The number of aromatic nitrogens is 1. The lowest BCUT2D eigenvalue weighted by Gasteiger charge is -2.03. The zero-order valence-corrected chi connectivity index (χ0v) is 9.17. The Hall–Kier alpha value is -1.39. The summed E-state index contributed by atoms with van der Waals surface area (Å²) in [6.07, 6.45) is 1.51. The van der Waals surface area contributed by atoms with Gasteiger partial charge in [-0.05, 0) is 23.8 Å². The molecule has 2 aromatic rings. The molecule has 0 spiro atoms. The minimum atomic E-state index is -0.328. The van der Waals surface area contributed by atoms with Gasteiger partial charge in [-0.3, -0.25) is 0 Å². The number of rotatable bonds is 4. The summed E-state index contributed by atoms with van der Waals surface area (Å²) in [6, 6.07) is 6.22. The van der Waals surface area contributed by atoms with E-state index in [1.54, 1.807) is 12.1 Å². The molecule has 0 aliphatic carbocycles. The van der Waals surface area contributed by atoms with Gasteiger partial charge in [-0.2, -0.15) is 0 Å². The third-order valence-electron chi connectivity index (χ3n) is 2.05. The second-order valence-electron chi connectivity index (χ2n) is 3.37. The Balaban J connectivity index is 1.89. The van der Waals surface area contributed by atoms with Crippen LogP contribution in [0.25, 0.3) is 0 Å². The van der Waals surface area contributed by atoms with Crippen LogP contribution in [0.5, 0.6) is 0 Å². The van der Waals surface area contributed by atoms with Crippen LogP contribution in [-0.4, -0.2) is 5.16 Å². The lowest BCUT2D eigenvalue weighted by Crippen LogP contribution is -2.12. The van der Waals surface area contributed by atoms with Crippen LogP contribution in [0, 0.1) is 5.82 Å². The van der Waals surface area contributed by atoms with Gasteiger partial charge in [-0.1, -0.05) is 16.8 Å². The molecule has 0 radical (unpaired) electrons. The average molecular weight is 241 g/mol. The van der Waals surface area contributed by atoms with Gasteiger partial charge in [0.15, 0.2) is 0 Å². The Bertz CT molecular complexity index is 439. The number of hydrogen-bond acceptors (Lipinski definition) is 3. The first-order valence-corrected chi connectivity index (χ1v) is 5.17. The van der Waals surface area contributed by atoms with Gasteiger partial charge in [-0.15, -0.1) is 0 Å². The predicted molar refractivity (Wildman–Crippen MR) is 58.5 cm³/mol. The van der Waals surface area contributed by atoms with Crippen LogP contribution in [0.4, 0.5) is 4.39 Å². The Kier molecular flexibility index (Phi) is 3.54. The molecule has 0 atom stereocenters. The zero-order valence-electron chi connectivity index (χ0n) is 8.41. The van der Waals surface area contributed by atoms with E-state index in [0.29, 0.717) is 18.1 Å². The molecule has 1 N–H and O–H groups in total. The number of nitrogens with zero attached hydrogens (tertiary/aromatic N) is 1. The fourth-order valence-corrected chi connectivity index (χ4v) is 1.62. The minimum Gasteiger partial charge on any atom is -0.364 e. The molecule has 5 heteroatoms. The molecule has 2 rings (SSSR count). The van der Waals surface area contributed by atoms with Crippen molar-refractivity contribution in [3.05, 3.63) is 52.6 Å². The van der Waals surface area contributed by atoms with Gasteiger partial charge in [0, 0.05) is 24.2 Å². The first-order chi connectivity index (χ1) is 7.74. The molecule has 1 heterocycles. The molecule has 0 unspecified atom stereocenters. The van der Waals surface area contributed by atoms with Gasteiger partial charge in [0.05, 0.1) is 5.69 Å². The topological polar surface area (TPSA) is 38.1 Å². The highest BCUT2D eigenvalue weighted by Gasteiger charge is 2.00. The predicted octanol–water partition coefficient (Wildman–Crippen LogP) is 2.76. The molecule has 3 nitrogen and oxygen atoms in total. The smallest absolute Gasteiger partial charge is 0.125 e. The number of halogens is 2. The Morgan fingerprint density at radius 1 is 1.31 bits per heavy atom. The lowest BCUT2D eigenvalue weighted by atomic mass is 10.2. The molecule has 0 amide bonds. The van der Waals surface area contributed by atoms with Crippen molar-refractivity contribution in [2.75, 3.05) is 0 Å². The maximum Gasteiger partial charge on any atom is 0.125 e. The summed E-state index contributed by atoms with van der Waals surface area (Å²) < 4.78 is 17.7. The van der Waals surface area contributed by atoms with E-state index in [0.717, 1.165) is 11.3 Å². The van der Waals surface area contributed by atoms with Crippen LogP contribution in [0.3, 0.4) is 0 Å². The Labute approximate surface area is 97.2 Å². The molecule has 0 saturated carbocycles. The van der Waals surface area contributed by atoms with Gasteiger partial charge in [0.2, 0.25) is 0 Å². The van der Waals surface area contributed by atoms with E-state index in [1.165, 1.54) is 18.4 Å². The van der Waals surface area contributed by atoms with Crippen molar-refractivity contribution in [1.82, 2.24) is 10.5 Å². The average Bonchev–Trinajstić information content (AvgIpc) is 2.69. The van der Waals surface area contributed by atoms with E-state index < -0.39 is 0 Å². The van der Waals surface area contributed by atoms with E-state index >= 15 is 0 Å². The van der Waals surface area contributed by atoms with Crippen LogP contribution in [0.15, 0.2) is 35.1 Å². The number of nitrogens with one attached hydrogen (secondary N) is 1. The quantitative estimate of drug-likeness (QED) is 0.893. The summed E-state index contributed by atoms with van der Waals surface area (Å²) in [6.45, 7) is 1.11. The van der Waals surface area contributed by atoms with Crippen LogP contribution in [0.2, 0.25) is 5.02 Å². The van der Waals surface area contributed by atoms with E-state index in [1.807, 2.05) is 0 Å². The summed E-state index contributed by atoms with van der Waals surface area (Å²) in [5, 5.41) is 7.26. The molecule has 0 saturated heterocycles. The number of benzene rings is 1. The summed E-state index contributed by atoms with van der Waals surface area (Å²) in [5.41, 5.74) is 1.61. The van der Waals surface area contributed by atoms with Crippen molar-refractivity contribution >= 4 is 11.6 Å². The fourth-order valence-electron chi connectivity index (χ4n) is 1.38. The monoisotopic (exact) mass is 240 g/mol. The first kappa shape index (κ1) is 11.1. The molecular weight excluding hydrogens is 231 g/mol. The van der Waals surface area contributed by atoms with Crippen molar-refractivity contribution in [3.8, 4) is 0 Å². The van der Waals surface area contributed by atoms with Crippen LogP contribution >= 0.6 is 11.6 Å². The first-order valence-electron chi connectivity index (χ1n) is 4.79. The highest BCUT2D eigenvalue weighted by Crippen LogP contribution is 2.13. The van der Waals surface area contributed by atoms with Crippen LogP contribution < -0.4 is 5.32 Å². The molecule has 1 aromatic carbocycles. The minimum absolute atomic E-state index is 0.328. The Morgan fingerprint density at radius 2 is 2.19 bits per heavy atom. The maximum atomic E-state index is 13.0. The molecule has 16 heavy (non-hydrogen) atoms.